The van der Waals surface area contributed by atoms with Crippen LogP contribution in [0.1, 0.15) is 65.5 Å². The molecule has 1 aliphatic rings. The zero-order chi connectivity index (χ0) is 28.0. The van der Waals surface area contributed by atoms with Gasteiger partial charge in [0.25, 0.3) is 5.91 Å². The summed E-state index contributed by atoms with van der Waals surface area (Å²) < 4.78 is 10.6. The summed E-state index contributed by atoms with van der Waals surface area (Å²) in [7, 11) is 1.42. The number of hydrogen-bond acceptors (Lipinski definition) is 6. The first-order valence-electron chi connectivity index (χ1n) is 13.2. The van der Waals surface area contributed by atoms with Gasteiger partial charge in [-0.05, 0) is 62.3 Å². The summed E-state index contributed by atoms with van der Waals surface area (Å²) in [6, 6.07) is 5.78. The molecule has 0 spiro atoms. The van der Waals surface area contributed by atoms with Crippen molar-refractivity contribution in [2.75, 3.05) is 7.11 Å². The van der Waals surface area contributed by atoms with Gasteiger partial charge in [-0.15, -0.1) is 0 Å². The van der Waals surface area contributed by atoms with Gasteiger partial charge in [-0.25, -0.2) is 9.97 Å². The number of halogens is 1. The van der Waals surface area contributed by atoms with Crippen LogP contribution in [0.4, 0.5) is 0 Å². The largest absolute Gasteiger partial charge is 0.469 e. The fraction of sp³-hybridized carbons (Fsp3) is 0.345. The monoisotopic (exact) mass is 559 g/mol. The number of rotatable bonds is 9. The van der Waals surface area contributed by atoms with Crippen LogP contribution in [0.25, 0.3) is 11.2 Å². The summed E-state index contributed by atoms with van der Waals surface area (Å²) in [6.07, 6.45) is 13.8. The highest BCUT2D eigenvalue weighted by atomic mass is 35.5. The molecule has 0 saturated heterocycles. The molecule has 0 radical (unpaired) electrons. The van der Waals surface area contributed by atoms with Crippen LogP contribution in [-0.2, 0) is 29.0 Å². The van der Waals surface area contributed by atoms with Crippen LogP contribution in [0.15, 0.2) is 55.5 Å². The minimum absolute atomic E-state index is 0.245. The molecule has 0 unspecified atom stereocenters. The molecule has 5 heterocycles. The Bertz CT molecular complexity index is 1750. The number of ether oxygens (including phenoxy) is 1. The molecule has 10 nitrogen and oxygen atoms in total. The third-order valence-electron chi connectivity index (χ3n) is 7.33. The van der Waals surface area contributed by atoms with E-state index in [0.717, 1.165) is 28.1 Å². The first-order valence-corrected chi connectivity index (χ1v) is 13.6. The number of aromatic nitrogens is 6. The van der Waals surface area contributed by atoms with Crippen LogP contribution < -0.4 is 5.32 Å². The van der Waals surface area contributed by atoms with Crippen molar-refractivity contribution in [3.8, 4) is 0 Å². The maximum atomic E-state index is 12.8. The number of nitrogens with one attached hydrogen (secondary N) is 1. The van der Waals surface area contributed by atoms with E-state index in [4.69, 9.17) is 21.3 Å². The van der Waals surface area contributed by atoms with Gasteiger partial charge in [0.05, 0.1) is 60.6 Å². The lowest BCUT2D eigenvalue weighted by molar-refractivity contribution is -0.150. The smallest absolute Gasteiger partial charge is 0.311 e. The van der Waals surface area contributed by atoms with Crippen molar-refractivity contribution in [3.05, 3.63) is 88.6 Å². The number of pyridine rings is 2. The number of hydrogen-bond donors (Lipinski definition) is 1. The van der Waals surface area contributed by atoms with E-state index < -0.39 is 5.41 Å². The van der Waals surface area contributed by atoms with Crippen LogP contribution in [0.5, 0.6) is 0 Å². The van der Waals surface area contributed by atoms with Gasteiger partial charge in [0.2, 0.25) is 0 Å². The third kappa shape index (κ3) is 5.19. The van der Waals surface area contributed by atoms with E-state index in [2.05, 4.69) is 27.7 Å². The molecule has 0 aromatic carbocycles. The fourth-order valence-corrected chi connectivity index (χ4v) is 5.23. The Labute approximate surface area is 235 Å². The standard InChI is InChI=1S/C29H30ClN7O3/c1-29(2,28(39)40-3)10-19-8-20(18-4-5-18)13-36-15-23(34-26(19)36)16-37-14-21(11-33-37)27(38)31-12-24-25-9-22(30)6-7-35(25)17-32-24/h6-9,11,13-15,17-18H,4-5,10,12,16H2,1-3H3,(H,31,38). The molecule has 0 aliphatic heterocycles. The van der Waals surface area contributed by atoms with Gasteiger partial charge in [-0.3, -0.25) is 14.3 Å². The second-order valence-corrected chi connectivity index (χ2v) is 11.5. The molecule has 1 N–H and O–H groups in total. The van der Waals surface area contributed by atoms with E-state index in [0.29, 0.717) is 29.5 Å². The van der Waals surface area contributed by atoms with Gasteiger partial charge in [0, 0.05) is 29.8 Å². The first-order chi connectivity index (χ1) is 19.2. The summed E-state index contributed by atoms with van der Waals surface area (Å²) in [6.45, 7) is 4.45. The van der Waals surface area contributed by atoms with Crippen molar-refractivity contribution < 1.29 is 14.3 Å². The Balaban J connectivity index is 1.18. The summed E-state index contributed by atoms with van der Waals surface area (Å²) in [5.74, 6) is 0.0619. The van der Waals surface area contributed by atoms with E-state index in [1.165, 1.54) is 25.5 Å². The normalized spacial score (nSPS) is 13.7. The average molecular weight is 560 g/mol. The predicted molar refractivity (Wildman–Crippen MR) is 149 cm³/mol. The van der Waals surface area contributed by atoms with E-state index in [1.807, 2.05) is 41.1 Å². The average Bonchev–Trinajstić information content (AvgIpc) is 3.33. The molecule has 1 fully saturated rings. The van der Waals surface area contributed by atoms with Gasteiger partial charge in [0.15, 0.2) is 0 Å². The molecular weight excluding hydrogens is 530 g/mol. The highest BCUT2D eigenvalue weighted by Gasteiger charge is 2.32. The van der Waals surface area contributed by atoms with Gasteiger partial charge >= 0.3 is 5.97 Å². The number of imidazole rings is 2. The number of methoxy groups -OCH3 is 1. The van der Waals surface area contributed by atoms with Gasteiger partial charge in [-0.2, -0.15) is 5.10 Å². The lowest BCUT2D eigenvalue weighted by Crippen LogP contribution is -2.28. The zero-order valence-corrected chi connectivity index (χ0v) is 23.4. The Kier molecular flexibility index (Phi) is 6.58. The van der Waals surface area contributed by atoms with Crippen molar-refractivity contribution in [3.63, 3.8) is 0 Å². The van der Waals surface area contributed by atoms with E-state index in [9.17, 15) is 9.59 Å². The highest BCUT2D eigenvalue weighted by molar-refractivity contribution is 6.30. The van der Waals surface area contributed by atoms with Crippen LogP contribution in [0, 0.1) is 5.41 Å². The SMILES string of the molecule is COC(=O)C(C)(C)Cc1cc(C2CC2)cn2cc(Cn3cc(C(=O)NCc4ncn5ccc(Cl)cc45)cn3)nc12. The Morgan fingerprint density at radius 2 is 2.00 bits per heavy atom. The fourth-order valence-electron chi connectivity index (χ4n) is 5.07. The van der Waals surface area contributed by atoms with Gasteiger partial charge < -0.3 is 18.9 Å². The quantitative estimate of drug-likeness (QED) is 0.268. The van der Waals surface area contributed by atoms with Crippen LogP contribution in [0.2, 0.25) is 5.02 Å². The second kappa shape index (κ2) is 10.1. The van der Waals surface area contributed by atoms with Gasteiger partial charge in [0.1, 0.15) is 5.65 Å². The number of carbonyl (C=O) groups is 2. The number of fused-ring (bicyclic) bond motifs is 2. The lowest BCUT2D eigenvalue weighted by Gasteiger charge is -2.22. The summed E-state index contributed by atoms with van der Waals surface area (Å²) in [4.78, 5) is 34.5. The molecule has 5 aromatic heterocycles. The van der Waals surface area contributed by atoms with E-state index in [-0.39, 0.29) is 18.4 Å². The highest BCUT2D eigenvalue weighted by Crippen LogP contribution is 2.41. The minimum atomic E-state index is -0.678. The molecule has 0 atom stereocenters. The Hall–Kier alpha value is -4.18. The number of nitrogens with zero attached hydrogens (tertiary/aromatic N) is 6. The Morgan fingerprint density at radius 1 is 1.18 bits per heavy atom. The lowest BCUT2D eigenvalue weighted by atomic mass is 9.85. The van der Waals surface area contributed by atoms with Gasteiger partial charge in [-0.1, -0.05) is 17.7 Å². The second-order valence-electron chi connectivity index (χ2n) is 11.0. The molecular formula is C29H30ClN7O3. The molecule has 1 saturated carbocycles. The third-order valence-corrected chi connectivity index (χ3v) is 7.57. The molecule has 1 amide bonds. The topological polar surface area (TPSA) is 108 Å². The zero-order valence-electron chi connectivity index (χ0n) is 22.6. The molecule has 40 heavy (non-hydrogen) atoms. The molecule has 206 valence electrons. The molecule has 6 rings (SSSR count). The van der Waals surface area contributed by atoms with Crippen LogP contribution in [-0.4, -0.2) is 47.5 Å². The summed E-state index contributed by atoms with van der Waals surface area (Å²) in [5.41, 5.74) is 5.23. The van der Waals surface area contributed by atoms with Crippen LogP contribution >= 0.6 is 11.6 Å². The maximum Gasteiger partial charge on any atom is 0.311 e. The maximum absolute atomic E-state index is 12.8. The van der Waals surface area contributed by atoms with Crippen molar-refractivity contribution in [2.24, 2.45) is 5.41 Å². The number of carbonyl (C=O) groups excluding carboxylic acids is 2. The van der Waals surface area contributed by atoms with Crippen LogP contribution in [0.3, 0.4) is 0 Å². The van der Waals surface area contributed by atoms with E-state index in [1.54, 1.807) is 29.5 Å². The number of amides is 1. The molecule has 0 bridgehead atoms. The van der Waals surface area contributed by atoms with Crippen molar-refractivity contribution in [1.82, 2.24) is 33.9 Å². The van der Waals surface area contributed by atoms with Crippen molar-refractivity contribution in [2.45, 2.75) is 52.1 Å². The first kappa shape index (κ1) is 26.1. The van der Waals surface area contributed by atoms with E-state index >= 15 is 0 Å². The molecule has 11 heteroatoms. The minimum Gasteiger partial charge on any atom is -0.469 e. The van der Waals surface area contributed by atoms with Crippen molar-refractivity contribution >= 4 is 34.6 Å². The summed E-state index contributed by atoms with van der Waals surface area (Å²) >= 11 is 6.12. The Morgan fingerprint density at radius 3 is 2.77 bits per heavy atom. The van der Waals surface area contributed by atoms with Crippen molar-refractivity contribution in [1.29, 1.82) is 0 Å². The predicted octanol–water partition coefficient (Wildman–Crippen LogP) is 4.43. The summed E-state index contributed by atoms with van der Waals surface area (Å²) in [5, 5.41) is 7.91. The molecule has 1 aliphatic carbocycles. The number of esters is 1. The molecule has 5 aromatic rings.